The number of aromatic nitrogens is 2. The van der Waals surface area contributed by atoms with Crippen LogP contribution in [-0.2, 0) is 26.6 Å². The summed E-state index contributed by atoms with van der Waals surface area (Å²) in [4.78, 5) is 11.5. The summed E-state index contributed by atoms with van der Waals surface area (Å²) in [7, 11) is -0.840. The minimum Gasteiger partial charge on any atom is -0.383 e. The van der Waals surface area contributed by atoms with Gasteiger partial charge in [0.15, 0.2) is 5.82 Å². The summed E-state index contributed by atoms with van der Waals surface area (Å²) in [5.74, 6) is -0.569. The maximum Gasteiger partial charge on any atom is 0.246 e. The Hall–Kier alpha value is -1.65. The number of aryl methyl sites for hydroxylation is 1. The average Bonchev–Trinajstić information content (AvgIpc) is 2.69. The van der Waals surface area contributed by atoms with Gasteiger partial charge in [0.1, 0.15) is 4.90 Å². The molecule has 0 aliphatic heterocycles. The Bertz CT molecular complexity index is 568. The van der Waals surface area contributed by atoms with E-state index in [1.807, 2.05) is 0 Å². The highest BCUT2D eigenvalue weighted by atomic mass is 32.2. The van der Waals surface area contributed by atoms with E-state index in [2.05, 4.69) is 15.1 Å². The number of hydrogen-bond acceptors (Lipinski definition) is 6. The predicted molar refractivity (Wildman–Crippen MR) is 72.3 cm³/mol. The third kappa shape index (κ3) is 4.18. The largest absolute Gasteiger partial charge is 0.383 e. The summed E-state index contributed by atoms with van der Waals surface area (Å²) in [6.07, 6.45) is 1.27. The number of carbonyl (C=O) groups excluding carboxylic acids is 1. The third-order valence-corrected chi connectivity index (χ3v) is 4.00. The van der Waals surface area contributed by atoms with Crippen molar-refractivity contribution in [3.63, 3.8) is 0 Å². The Labute approximate surface area is 117 Å². The number of hydrogen-bond donors (Lipinski definition) is 3. The highest BCUT2D eigenvalue weighted by Gasteiger charge is 2.25. The molecule has 0 saturated carbocycles. The van der Waals surface area contributed by atoms with Gasteiger partial charge >= 0.3 is 0 Å². The molecule has 0 spiro atoms. The standard InChI is InChI=1S/C10H19N5O4S/c1-7(10(16)12-4-5-19-3)14-20(17,18)8-6-15(2)13-9(8)11/h6-7,14H,4-5H2,1-3H3,(H2,11,13)(H,12,16). The fourth-order valence-corrected chi connectivity index (χ4v) is 2.78. The summed E-state index contributed by atoms with van der Waals surface area (Å²) < 4.78 is 32.4. The van der Waals surface area contributed by atoms with Gasteiger partial charge in [0.2, 0.25) is 15.9 Å². The van der Waals surface area contributed by atoms with E-state index >= 15 is 0 Å². The maximum atomic E-state index is 12.1. The molecule has 4 N–H and O–H groups in total. The number of nitrogens with two attached hydrogens (primary N) is 1. The Kier molecular flexibility index (Phi) is 5.48. The highest BCUT2D eigenvalue weighted by Crippen LogP contribution is 2.15. The fourth-order valence-electron chi connectivity index (χ4n) is 1.47. The maximum absolute atomic E-state index is 12.1. The summed E-state index contributed by atoms with van der Waals surface area (Å²) in [5.41, 5.74) is 5.51. The van der Waals surface area contributed by atoms with Crippen LogP contribution >= 0.6 is 0 Å². The number of ether oxygens (including phenoxy) is 1. The lowest BCUT2D eigenvalue weighted by Gasteiger charge is -2.13. The molecule has 1 aromatic rings. The second kappa shape index (κ2) is 6.68. The van der Waals surface area contributed by atoms with E-state index in [0.717, 1.165) is 0 Å². The molecule has 20 heavy (non-hydrogen) atoms. The molecule has 1 rings (SSSR count). The van der Waals surface area contributed by atoms with E-state index in [0.29, 0.717) is 13.2 Å². The van der Waals surface area contributed by atoms with Crippen LogP contribution in [-0.4, -0.2) is 50.4 Å². The van der Waals surface area contributed by atoms with Gasteiger partial charge in [-0.2, -0.15) is 9.82 Å². The zero-order valence-electron chi connectivity index (χ0n) is 11.6. The second-order valence-electron chi connectivity index (χ2n) is 4.18. The molecule has 1 unspecified atom stereocenters. The minimum atomic E-state index is -3.90. The first-order valence-corrected chi connectivity index (χ1v) is 7.34. The molecule has 1 aromatic heterocycles. The van der Waals surface area contributed by atoms with Crippen molar-refractivity contribution >= 4 is 21.7 Å². The Morgan fingerprint density at radius 3 is 2.75 bits per heavy atom. The molecule has 0 saturated heterocycles. The summed E-state index contributed by atoms with van der Waals surface area (Å²) >= 11 is 0. The van der Waals surface area contributed by atoms with Crippen LogP contribution in [0.3, 0.4) is 0 Å². The SMILES string of the molecule is COCCNC(=O)C(C)NS(=O)(=O)c1cn(C)nc1N. The first-order chi connectivity index (χ1) is 9.27. The molecule has 10 heteroatoms. The molecule has 1 heterocycles. The molecule has 114 valence electrons. The Morgan fingerprint density at radius 1 is 1.60 bits per heavy atom. The fraction of sp³-hybridized carbons (Fsp3) is 0.600. The molecule has 0 bridgehead atoms. The number of methoxy groups -OCH3 is 1. The van der Waals surface area contributed by atoms with E-state index in [4.69, 9.17) is 10.5 Å². The van der Waals surface area contributed by atoms with Gasteiger partial charge in [-0.05, 0) is 6.92 Å². The average molecular weight is 305 g/mol. The van der Waals surface area contributed by atoms with Crippen LogP contribution in [0.2, 0.25) is 0 Å². The molecule has 1 amide bonds. The van der Waals surface area contributed by atoms with Crippen molar-refractivity contribution in [2.75, 3.05) is 26.0 Å². The highest BCUT2D eigenvalue weighted by molar-refractivity contribution is 7.89. The van der Waals surface area contributed by atoms with Crippen LogP contribution in [0.1, 0.15) is 6.92 Å². The van der Waals surface area contributed by atoms with Gasteiger partial charge in [-0.3, -0.25) is 9.48 Å². The number of nitrogens with one attached hydrogen (secondary N) is 2. The summed E-state index contributed by atoms with van der Waals surface area (Å²) in [5, 5.41) is 6.28. The number of amides is 1. The van der Waals surface area contributed by atoms with Gasteiger partial charge in [-0.25, -0.2) is 8.42 Å². The van der Waals surface area contributed by atoms with Gasteiger partial charge in [-0.15, -0.1) is 0 Å². The molecular formula is C10H19N5O4S. The molecule has 0 radical (unpaired) electrons. The summed E-state index contributed by atoms with van der Waals surface area (Å²) in [6, 6.07) is -0.934. The molecule has 0 aliphatic rings. The van der Waals surface area contributed by atoms with Gasteiger partial charge in [0.05, 0.1) is 12.6 Å². The van der Waals surface area contributed by atoms with Crippen molar-refractivity contribution in [3.8, 4) is 0 Å². The van der Waals surface area contributed by atoms with E-state index in [1.54, 1.807) is 7.05 Å². The van der Waals surface area contributed by atoms with Crippen molar-refractivity contribution in [3.05, 3.63) is 6.20 Å². The normalized spacial score (nSPS) is 13.2. The molecule has 0 aromatic carbocycles. The van der Waals surface area contributed by atoms with E-state index in [-0.39, 0.29) is 10.7 Å². The number of nitrogens with zero attached hydrogens (tertiary/aromatic N) is 2. The number of carbonyl (C=O) groups is 1. The van der Waals surface area contributed by atoms with Crippen molar-refractivity contribution in [2.45, 2.75) is 17.9 Å². The van der Waals surface area contributed by atoms with Gasteiger partial charge in [0, 0.05) is 26.9 Å². The number of sulfonamides is 1. The van der Waals surface area contributed by atoms with Crippen LogP contribution in [0.15, 0.2) is 11.1 Å². The van der Waals surface area contributed by atoms with E-state index in [1.165, 1.54) is 24.9 Å². The Morgan fingerprint density at radius 2 is 2.25 bits per heavy atom. The van der Waals surface area contributed by atoms with Crippen molar-refractivity contribution in [2.24, 2.45) is 7.05 Å². The smallest absolute Gasteiger partial charge is 0.246 e. The lowest BCUT2D eigenvalue weighted by atomic mass is 10.3. The molecule has 9 nitrogen and oxygen atoms in total. The third-order valence-electron chi connectivity index (χ3n) is 2.44. The predicted octanol–water partition coefficient (Wildman–Crippen LogP) is -1.57. The van der Waals surface area contributed by atoms with Gasteiger partial charge < -0.3 is 15.8 Å². The number of anilines is 1. The Balaban J connectivity index is 2.71. The van der Waals surface area contributed by atoms with Crippen LogP contribution in [0.4, 0.5) is 5.82 Å². The van der Waals surface area contributed by atoms with Crippen LogP contribution in [0.25, 0.3) is 0 Å². The molecule has 1 atom stereocenters. The van der Waals surface area contributed by atoms with Crippen molar-refractivity contribution in [1.29, 1.82) is 0 Å². The second-order valence-corrected chi connectivity index (χ2v) is 5.86. The van der Waals surface area contributed by atoms with Crippen LogP contribution in [0, 0.1) is 0 Å². The first kappa shape index (κ1) is 16.4. The topological polar surface area (TPSA) is 128 Å². The van der Waals surface area contributed by atoms with E-state index < -0.39 is 22.0 Å². The lowest BCUT2D eigenvalue weighted by Crippen LogP contribution is -2.45. The zero-order valence-corrected chi connectivity index (χ0v) is 12.4. The van der Waals surface area contributed by atoms with Crippen molar-refractivity contribution < 1.29 is 17.9 Å². The zero-order chi connectivity index (χ0) is 15.3. The molecule has 0 fully saturated rings. The first-order valence-electron chi connectivity index (χ1n) is 5.86. The molecule has 0 aliphatic carbocycles. The molecular weight excluding hydrogens is 286 g/mol. The summed E-state index contributed by atoms with van der Waals surface area (Å²) in [6.45, 7) is 2.09. The minimum absolute atomic E-state index is 0.119. The number of nitrogen functional groups attached to an aromatic ring is 1. The van der Waals surface area contributed by atoms with Crippen LogP contribution < -0.4 is 15.8 Å². The van der Waals surface area contributed by atoms with E-state index in [9.17, 15) is 13.2 Å². The quantitative estimate of drug-likeness (QED) is 0.522. The van der Waals surface area contributed by atoms with Gasteiger partial charge in [-0.1, -0.05) is 0 Å². The monoisotopic (exact) mass is 305 g/mol. The van der Waals surface area contributed by atoms with Crippen LogP contribution in [0.5, 0.6) is 0 Å². The van der Waals surface area contributed by atoms with Gasteiger partial charge in [0.25, 0.3) is 0 Å². The number of rotatable bonds is 7. The van der Waals surface area contributed by atoms with Crippen molar-refractivity contribution in [1.82, 2.24) is 19.8 Å². The lowest BCUT2D eigenvalue weighted by molar-refractivity contribution is -0.122.